The summed E-state index contributed by atoms with van der Waals surface area (Å²) in [5, 5.41) is 0.575. The van der Waals surface area contributed by atoms with Gasteiger partial charge in [0.25, 0.3) is 11.5 Å². The molecule has 0 aliphatic heterocycles. The van der Waals surface area contributed by atoms with Gasteiger partial charge < -0.3 is 4.90 Å². The minimum Gasteiger partial charge on any atom is -0.341 e. The van der Waals surface area contributed by atoms with Crippen LogP contribution in [0.2, 0.25) is 5.02 Å². The maximum absolute atomic E-state index is 12.9. The molecule has 2 heterocycles. The average molecular weight is 371 g/mol. The Hall–Kier alpha value is -2.86. The molecule has 0 fully saturated rings. The molecule has 0 saturated heterocycles. The number of carbonyl (C=O) groups excluding carboxylic acids is 1. The number of fused-ring (bicyclic) bond motifs is 1. The van der Waals surface area contributed by atoms with Crippen molar-refractivity contribution in [1.29, 1.82) is 0 Å². The molecule has 7 heteroatoms. The van der Waals surface area contributed by atoms with Crippen molar-refractivity contribution in [3.63, 3.8) is 0 Å². The van der Waals surface area contributed by atoms with Crippen molar-refractivity contribution in [2.45, 2.75) is 13.5 Å². The number of aromatic nitrogens is 3. The molecule has 0 radical (unpaired) electrons. The Morgan fingerprint density at radius 1 is 1.38 bits per heavy atom. The van der Waals surface area contributed by atoms with Gasteiger partial charge in [0.05, 0.1) is 5.69 Å². The zero-order valence-electron chi connectivity index (χ0n) is 14.6. The standard InChI is InChI=1S/C19H19ClN4O2/c1-4-9-24-16(13-7-6-8-14(20)10-13)12-23-11-15(18(25)22(3)5-2)21-17(23)19(24)26/h4,6-8,10-12H,1,5,9H2,2-3H3. The second-order valence-electron chi connectivity index (χ2n) is 5.91. The Bertz CT molecular complexity index is 1050. The highest BCUT2D eigenvalue weighted by Crippen LogP contribution is 2.22. The highest BCUT2D eigenvalue weighted by Gasteiger charge is 2.18. The number of nitrogens with zero attached hydrogens (tertiary/aromatic N) is 4. The van der Waals surface area contributed by atoms with Crippen molar-refractivity contribution in [2.75, 3.05) is 13.6 Å². The molecule has 0 unspecified atom stereocenters. The van der Waals surface area contributed by atoms with Crippen LogP contribution in [0.15, 0.2) is 54.1 Å². The predicted molar refractivity (Wildman–Crippen MR) is 103 cm³/mol. The van der Waals surface area contributed by atoms with Gasteiger partial charge >= 0.3 is 0 Å². The fourth-order valence-corrected chi connectivity index (χ4v) is 2.90. The Kier molecular flexibility index (Phi) is 4.95. The Morgan fingerprint density at radius 2 is 2.15 bits per heavy atom. The molecule has 0 aliphatic rings. The number of imidazole rings is 1. The lowest BCUT2D eigenvalue weighted by Crippen LogP contribution is -2.26. The van der Waals surface area contributed by atoms with Crippen LogP contribution in [0, 0.1) is 0 Å². The Morgan fingerprint density at radius 3 is 2.81 bits per heavy atom. The van der Waals surface area contributed by atoms with Crippen LogP contribution < -0.4 is 5.56 Å². The first kappa shape index (κ1) is 17.9. The zero-order valence-corrected chi connectivity index (χ0v) is 15.4. The number of carbonyl (C=O) groups is 1. The molecule has 1 aromatic carbocycles. The van der Waals surface area contributed by atoms with Crippen molar-refractivity contribution in [3.8, 4) is 11.3 Å². The lowest BCUT2D eigenvalue weighted by atomic mass is 10.1. The van der Waals surface area contributed by atoms with Gasteiger partial charge in [-0.25, -0.2) is 4.98 Å². The number of allylic oxidation sites excluding steroid dienone is 1. The molecule has 134 valence electrons. The Balaban J connectivity index is 2.25. The van der Waals surface area contributed by atoms with Gasteiger partial charge in [0, 0.05) is 43.1 Å². The summed E-state index contributed by atoms with van der Waals surface area (Å²) in [6, 6.07) is 7.26. The van der Waals surface area contributed by atoms with Crippen LogP contribution >= 0.6 is 11.6 Å². The highest BCUT2D eigenvalue weighted by atomic mass is 35.5. The molecule has 3 aromatic rings. The first-order valence-corrected chi connectivity index (χ1v) is 8.59. The molecule has 0 spiro atoms. The summed E-state index contributed by atoms with van der Waals surface area (Å²) >= 11 is 6.10. The van der Waals surface area contributed by atoms with Crippen LogP contribution in [0.5, 0.6) is 0 Å². The minimum absolute atomic E-state index is 0.200. The maximum atomic E-state index is 12.9. The third-order valence-corrected chi connectivity index (χ3v) is 4.43. The number of amides is 1. The zero-order chi connectivity index (χ0) is 18.8. The molecule has 0 saturated carbocycles. The van der Waals surface area contributed by atoms with Crippen molar-refractivity contribution in [1.82, 2.24) is 18.9 Å². The van der Waals surface area contributed by atoms with Crippen molar-refractivity contribution < 1.29 is 4.79 Å². The van der Waals surface area contributed by atoms with Crippen LogP contribution in [-0.2, 0) is 6.54 Å². The van der Waals surface area contributed by atoms with Crippen molar-refractivity contribution in [2.24, 2.45) is 0 Å². The highest BCUT2D eigenvalue weighted by molar-refractivity contribution is 6.30. The summed E-state index contributed by atoms with van der Waals surface area (Å²) in [5.74, 6) is -0.227. The van der Waals surface area contributed by atoms with E-state index in [2.05, 4.69) is 11.6 Å². The fraction of sp³-hybridized carbons (Fsp3) is 0.211. The molecule has 3 rings (SSSR count). The van der Waals surface area contributed by atoms with E-state index in [0.717, 1.165) is 5.56 Å². The predicted octanol–water partition coefficient (Wildman–Crippen LogP) is 3.09. The van der Waals surface area contributed by atoms with E-state index < -0.39 is 0 Å². The summed E-state index contributed by atoms with van der Waals surface area (Å²) in [6.07, 6.45) is 5.00. The smallest absolute Gasteiger partial charge is 0.295 e. The second-order valence-corrected chi connectivity index (χ2v) is 6.34. The molecule has 2 aromatic heterocycles. The lowest BCUT2D eigenvalue weighted by molar-refractivity contribution is 0.0797. The van der Waals surface area contributed by atoms with E-state index >= 15 is 0 Å². The third-order valence-electron chi connectivity index (χ3n) is 4.19. The fourth-order valence-electron chi connectivity index (χ4n) is 2.71. The van der Waals surface area contributed by atoms with E-state index in [4.69, 9.17) is 11.6 Å². The molecular formula is C19H19ClN4O2. The molecule has 0 bridgehead atoms. The molecule has 0 N–H and O–H groups in total. The molecular weight excluding hydrogens is 352 g/mol. The van der Waals surface area contributed by atoms with Crippen LogP contribution in [-0.4, -0.2) is 38.4 Å². The van der Waals surface area contributed by atoms with Gasteiger partial charge in [-0.05, 0) is 19.1 Å². The van der Waals surface area contributed by atoms with E-state index in [1.54, 1.807) is 51.5 Å². The number of benzene rings is 1. The van der Waals surface area contributed by atoms with Crippen molar-refractivity contribution in [3.05, 3.63) is 70.4 Å². The number of hydrogen-bond donors (Lipinski definition) is 0. The number of hydrogen-bond acceptors (Lipinski definition) is 3. The quantitative estimate of drug-likeness (QED) is 0.648. The number of halogens is 1. The van der Waals surface area contributed by atoms with E-state index in [9.17, 15) is 9.59 Å². The summed E-state index contributed by atoms with van der Waals surface area (Å²) in [6.45, 7) is 6.48. The Labute approximate surface area is 156 Å². The molecule has 0 atom stereocenters. The maximum Gasteiger partial charge on any atom is 0.295 e. The summed E-state index contributed by atoms with van der Waals surface area (Å²) in [4.78, 5) is 31.1. The minimum atomic E-state index is -0.291. The van der Waals surface area contributed by atoms with Gasteiger partial charge in [-0.3, -0.25) is 18.6 Å². The number of rotatable bonds is 5. The van der Waals surface area contributed by atoms with Gasteiger partial charge in [-0.2, -0.15) is 0 Å². The third kappa shape index (κ3) is 3.15. The monoisotopic (exact) mass is 370 g/mol. The van der Waals surface area contributed by atoms with E-state index in [1.807, 2.05) is 19.1 Å². The van der Waals surface area contributed by atoms with Crippen LogP contribution in [0.3, 0.4) is 0 Å². The second kappa shape index (κ2) is 7.17. The summed E-state index contributed by atoms with van der Waals surface area (Å²) in [7, 11) is 1.69. The van der Waals surface area contributed by atoms with Crippen molar-refractivity contribution >= 4 is 23.2 Å². The van der Waals surface area contributed by atoms with Gasteiger partial charge in [-0.15, -0.1) is 6.58 Å². The van der Waals surface area contributed by atoms with Gasteiger partial charge in [0.2, 0.25) is 5.65 Å². The van der Waals surface area contributed by atoms with Gasteiger partial charge in [0.15, 0.2) is 0 Å². The SMILES string of the molecule is C=CCn1c(-c2cccc(Cl)c2)cn2cc(C(=O)N(C)CC)nc2c1=O. The molecule has 26 heavy (non-hydrogen) atoms. The lowest BCUT2D eigenvalue weighted by Gasteiger charge is -2.12. The van der Waals surface area contributed by atoms with Crippen LogP contribution in [0.25, 0.3) is 16.9 Å². The van der Waals surface area contributed by atoms with Gasteiger partial charge in [0.1, 0.15) is 5.69 Å². The first-order chi connectivity index (χ1) is 12.5. The van der Waals surface area contributed by atoms with Gasteiger partial charge in [-0.1, -0.05) is 29.8 Å². The molecule has 1 amide bonds. The molecule has 6 nitrogen and oxygen atoms in total. The molecule has 0 aliphatic carbocycles. The average Bonchev–Trinajstić information content (AvgIpc) is 3.07. The summed E-state index contributed by atoms with van der Waals surface area (Å²) in [5.41, 5.74) is 1.61. The largest absolute Gasteiger partial charge is 0.341 e. The van der Waals surface area contributed by atoms with E-state index in [1.165, 1.54) is 0 Å². The normalized spacial score (nSPS) is 10.9. The summed E-state index contributed by atoms with van der Waals surface area (Å²) < 4.78 is 3.16. The van der Waals surface area contributed by atoms with E-state index in [0.29, 0.717) is 23.8 Å². The first-order valence-electron chi connectivity index (χ1n) is 8.21. The topological polar surface area (TPSA) is 59.6 Å². The van der Waals surface area contributed by atoms with Crippen LogP contribution in [0.1, 0.15) is 17.4 Å². The van der Waals surface area contributed by atoms with Crippen LogP contribution in [0.4, 0.5) is 0 Å². The van der Waals surface area contributed by atoms with E-state index in [-0.39, 0.29) is 22.8 Å².